The highest BCUT2D eigenvalue weighted by Crippen LogP contribution is 2.38. The van der Waals surface area contributed by atoms with Crippen molar-refractivity contribution < 1.29 is 19.7 Å². The normalized spacial score (nSPS) is 20.9. The summed E-state index contributed by atoms with van der Waals surface area (Å²) < 4.78 is 5.42. The fourth-order valence-corrected chi connectivity index (χ4v) is 3.06. The third kappa shape index (κ3) is 5.80. The van der Waals surface area contributed by atoms with Gasteiger partial charge in [0.25, 0.3) is 0 Å². The molecule has 0 amide bonds. The summed E-state index contributed by atoms with van der Waals surface area (Å²) in [5, 5.41) is 19.7. The number of hydrogen-bond donors (Lipinski definition) is 2. The molecule has 4 nitrogen and oxygen atoms in total. The van der Waals surface area contributed by atoms with E-state index in [0.29, 0.717) is 25.9 Å². The zero-order valence-electron chi connectivity index (χ0n) is 12.8. The second kappa shape index (κ2) is 9.35. The molecule has 1 saturated carbocycles. The monoisotopic (exact) mass is 286 g/mol. The second-order valence-corrected chi connectivity index (χ2v) is 6.14. The minimum absolute atomic E-state index is 0.259. The molecular formula is C16H30O4. The minimum atomic E-state index is -0.744. The van der Waals surface area contributed by atoms with E-state index in [1.165, 1.54) is 6.42 Å². The van der Waals surface area contributed by atoms with Crippen LogP contribution in [0.2, 0.25) is 0 Å². The molecule has 1 atom stereocenters. The van der Waals surface area contributed by atoms with Crippen LogP contribution in [0.4, 0.5) is 0 Å². The van der Waals surface area contributed by atoms with Gasteiger partial charge in [0.05, 0.1) is 18.1 Å². The molecule has 0 saturated heterocycles. The highest BCUT2D eigenvalue weighted by molar-refractivity contribution is 5.74. The topological polar surface area (TPSA) is 66.8 Å². The average molecular weight is 286 g/mol. The quantitative estimate of drug-likeness (QED) is 0.671. The van der Waals surface area contributed by atoms with Crippen molar-refractivity contribution in [3.8, 4) is 0 Å². The van der Waals surface area contributed by atoms with Crippen LogP contribution in [0.5, 0.6) is 0 Å². The van der Waals surface area contributed by atoms with E-state index in [0.717, 1.165) is 38.5 Å². The molecule has 0 spiro atoms. The van der Waals surface area contributed by atoms with Crippen molar-refractivity contribution in [1.29, 1.82) is 0 Å². The Kier molecular flexibility index (Phi) is 8.15. The van der Waals surface area contributed by atoms with Crippen LogP contribution < -0.4 is 0 Å². The van der Waals surface area contributed by atoms with E-state index in [4.69, 9.17) is 4.74 Å². The van der Waals surface area contributed by atoms with Crippen molar-refractivity contribution in [1.82, 2.24) is 0 Å². The Bertz CT molecular complexity index is 270. The summed E-state index contributed by atoms with van der Waals surface area (Å²) in [7, 11) is 0. The van der Waals surface area contributed by atoms with Gasteiger partial charge in [-0.3, -0.25) is 4.79 Å². The number of aliphatic carboxylic acids is 1. The minimum Gasteiger partial charge on any atom is -0.481 e. The summed E-state index contributed by atoms with van der Waals surface area (Å²) in [5.74, 6) is -0.744. The largest absolute Gasteiger partial charge is 0.481 e. The lowest BCUT2D eigenvalue weighted by atomic mass is 9.72. The molecule has 0 radical (unpaired) electrons. The van der Waals surface area contributed by atoms with Crippen LogP contribution in [0.3, 0.4) is 0 Å². The van der Waals surface area contributed by atoms with E-state index in [1.807, 2.05) is 0 Å². The highest BCUT2D eigenvalue weighted by atomic mass is 16.5. The maximum Gasteiger partial charge on any atom is 0.309 e. The van der Waals surface area contributed by atoms with E-state index >= 15 is 0 Å². The van der Waals surface area contributed by atoms with E-state index in [9.17, 15) is 15.0 Å². The van der Waals surface area contributed by atoms with Crippen LogP contribution >= 0.6 is 0 Å². The Morgan fingerprint density at radius 3 is 2.35 bits per heavy atom. The van der Waals surface area contributed by atoms with Crippen molar-refractivity contribution in [3.05, 3.63) is 0 Å². The smallest absolute Gasteiger partial charge is 0.309 e. The summed E-state index contributed by atoms with van der Waals surface area (Å²) in [4.78, 5) is 11.7. The number of carboxylic acid groups (broad SMARTS) is 1. The van der Waals surface area contributed by atoms with Crippen LogP contribution in [-0.2, 0) is 9.53 Å². The third-order valence-corrected chi connectivity index (χ3v) is 4.34. The van der Waals surface area contributed by atoms with Crippen molar-refractivity contribution in [2.24, 2.45) is 5.41 Å². The molecule has 0 aliphatic heterocycles. The first-order chi connectivity index (χ1) is 9.60. The molecule has 118 valence electrons. The first kappa shape index (κ1) is 17.4. The summed E-state index contributed by atoms with van der Waals surface area (Å²) in [6.07, 6.45) is 8.42. The molecule has 0 bridgehead atoms. The Hall–Kier alpha value is -0.610. The molecule has 20 heavy (non-hydrogen) atoms. The van der Waals surface area contributed by atoms with Crippen molar-refractivity contribution >= 4 is 5.97 Å². The van der Waals surface area contributed by atoms with E-state index in [-0.39, 0.29) is 6.61 Å². The fraction of sp³-hybridized carbons (Fsp3) is 0.938. The number of rotatable bonds is 8. The van der Waals surface area contributed by atoms with Gasteiger partial charge in [-0.25, -0.2) is 0 Å². The molecule has 0 aromatic heterocycles. The van der Waals surface area contributed by atoms with Gasteiger partial charge in [-0.1, -0.05) is 45.4 Å². The predicted molar refractivity (Wildman–Crippen MR) is 78.7 cm³/mol. The summed E-state index contributed by atoms with van der Waals surface area (Å²) >= 11 is 0. The van der Waals surface area contributed by atoms with Crippen molar-refractivity contribution in [3.63, 3.8) is 0 Å². The summed E-state index contributed by atoms with van der Waals surface area (Å²) in [5.41, 5.74) is -0.742. The lowest BCUT2D eigenvalue weighted by molar-refractivity contribution is -0.153. The summed E-state index contributed by atoms with van der Waals surface area (Å²) in [6, 6.07) is 0. The van der Waals surface area contributed by atoms with Gasteiger partial charge in [0.2, 0.25) is 0 Å². The van der Waals surface area contributed by atoms with Crippen LogP contribution in [-0.4, -0.2) is 35.5 Å². The molecule has 1 aliphatic rings. The van der Waals surface area contributed by atoms with Gasteiger partial charge in [-0.05, 0) is 25.7 Å². The maximum absolute atomic E-state index is 11.7. The first-order valence-corrected chi connectivity index (χ1v) is 8.10. The Morgan fingerprint density at radius 1 is 1.20 bits per heavy atom. The standard InChI is InChI=1S/C16H30O4/c1-2-3-11-20-13-14(17)12-16(15(18)19)9-7-5-4-6-8-10-16/h14,17H,2-13H2,1H3,(H,18,19). The molecule has 1 rings (SSSR count). The van der Waals surface area contributed by atoms with Gasteiger partial charge in [-0.15, -0.1) is 0 Å². The van der Waals surface area contributed by atoms with Gasteiger partial charge in [0.1, 0.15) is 0 Å². The number of hydrogen-bond acceptors (Lipinski definition) is 3. The highest BCUT2D eigenvalue weighted by Gasteiger charge is 2.39. The molecule has 1 fully saturated rings. The fourth-order valence-electron chi connectivity index (χ4n) is 3.06. The molecule has 0 aromatic carbocycles. The molecule has 0 heterocycles. The number of ether oxygens (including phenoxy) is 1. The molecule has 2 N–H and O–H groups in total. The van der Waals surface area contributed by atoms with Gasteiger partial charge >= 0.3 is 5.97 Å². The van der Waals surface area contributed by atoms with Crippen LogP contribution in [0, 0.1) is 5.41 Å². The molecule has 1 unspecified atom stereocenters. The van der Waals surface area contributed by atoms with Crippen LogP contribution in [0.15, 0.2) is 0 Å². The first-order valence-electron chi connectivity index (χ1n) is 8.10. The second-order valence-electron chi connectivity index (χ2n) is 6.14. The van der Waals surface area contributed by atoms with Crippen molar-refractivity contribution in [2.75, 3.05) is 13.2 Å². The van der Waals surface area contributed by atoms with Gasteiger partial charge < -0.3 is 14.9 Å². The van der Waals surface area contributed by atoms with E-state index < -0.39 is 17.5 Å². The number of carboxylic acids is 1. The Balaban J connectivity index is 2.49. The Labute approximate surface area is 122 Å². The lowest BCUT2D eigenvalue weighted by Gasteiger charge is -2.33. The van der Waals surface area contributed by atoms with Crippen LogP contribution in [0.1, 0.15) is 71.1 Å². The van der Waals surface area contributed by atoms with Crippen molar-refractivity contribution in [2.45, 2.75) is 77.2 Å². The lowest BCUT2D eigenvalue weighted by Crippen LogP contribution is -2.37. The van der Waals surface area contributed by atoms with Crippen LogP contribution in [0.25, 0.3) is 0 Å². The average Bonchev–Trinajstić information content (AvgIpc) is 2.38. The van der Waals surface area contributed by atoms with Gasteiger partial charge in [0.15, 0.2) is 0 Å². The number of aliphatic hydroxyl groups excluding tert-OH is 1. The van der Waals surface area contributed by atoms with E-state index in [1.54, 1.807) is 0 Å². The number of carbonyl (C=O) groups is 1. The number of aliphatic hydroxyl groups is 1. The molecule has 0 aromatic rings. The SMILES string of the molecule is CCCCOCC(O)CC1(C(=O)O)CCCCCCC1. The molecule has 4 heteroatoms. The summed E-state index contributed by atoms with van der Waals surface area (Å²) in [6.45, 7) is 3.00. The third-order valence-electron chi connectivity index (χ3n) is 4.34. The van der Waals surface area contributed by atoms with Gasteiger partial charge in [0, 0.05) is 6.61 Å². The number of unbranched alkanes of at least 4 members (excludes halogenated alkanes) is 1. The Morgan fingerprint density at radius 2 is 1.80 bits per heavy atom. The molecular weight excluding hydrogens is 256 g/mol. The zero-order chi connectivity index (χ0) is 14.8. The van der Waals surface area contributed by atoms with E-state index in [2.05, 4.69) is 6.92 Å². The predicted octanol–water partition coefficient (Wildman–Crippen LogP) is 3.37. The molecule has 1 aliphatic carbocycles. The van der Waals surface area contributed by atoms with Gasteiger partial charge in [-0.2, -0.15) is 0 Å². The maximum atomic E-state index is 11.7. The zero-order valence-corrected chi connectivity index (χ0v) is 12.8.